The molecule has 52 valence electrons. The number of hydrogen-bond donors (Lipinski definition) is 1. The molecule has 1 heteroatoms. The Balaban J connectivity index is 2.49. The van der Waals surface area contributed by atoms with Gasteiger partial charge in [0.25, 0.3) is 0 Å². The molecule has 2 atom stereocenters. The average Bonchev–Trinajstić information content (AvgIpc) is 2.13. The van der Waals surface area contributed by atoms with Gasteiger partial charge in [0.05, 0.1) is 6.10 Å². The molecular formula is C8H14O. The summed E-state index contributed by atoms with van der Waals surface area (Å²) in [5.74, 6) is 0.394. The van der Waals surface area contributed by atoms with Crippen LogP contribution in [0.25, 0.3) is 0 Å². The van der Waals surface area contributed by atoms with Crippen molar-refractivity contribution in [1.82, 2.24) is 0 Å². The highest BCUT2D eigenvalue weighted by Crippen LogP contribution is 2.30. The van der Waals surface area contributed by atoms with Gasteiger partial charge in [-0.15, -0.1) is 0 Å². The van der Waals surface area contributed by atoms with Crippen molar-refractivity contribution in [1.29, 1.82) is 0 Å². The van der Waals surface area contributed by atoms with E-state index in [1.807, 2.05) is 6.92 Å². The maximum atomic E-state index is 9.30. The quantitative estimate of drug-likeness (QED) is 0.530. The zero-order valence-electron chi connectivity index (χ0n) is 5.93. The fourth-order valence-electron chi connectivity index (χ4n) is 1.52. The SMILES string of the molecule is C=C(C)C1CCCC1O. The first-order chi connectivity index (χ1) is 4.22. The summed E-state index contributed by atoms with van der Waals surface area (Å²) in [4.78, 5) is 0. The van der Waals surface area contributed by atoms with Crippen molar-refractivity contribution in [3.63, 3.8) is 0 Å². The van der Waals surface area contributed by atoms with Gasteiger partial charge in [0.15, 0.2) is 0 Å². The van der Waals surface area contributed by atoms with E-state index < -0.39 is 0 Å². The first kappa shape index (κ1) is 6.81. The lowest BCUT2D eigenvalue weighted by molar-refractivity contribution is 0.148. The lowest BCUT2D eigenvalue weighted by Crippen LogP contribution is -2.13. The summed E-state index contributed by atoms with van der Waals surface area (Å²) in [5.41, 5.74) is 1.14. The molecule has 1 aliphatic carbocycles. The third kappa shape index (κ3) is 1.33. The van der Waals surface area contributed by atoms with Gasteiger partial charge in [0.1, 0.15) is 0 Å². The van der Waals surface area contributed by atoms with E-state index in [0.717, 1.165) is 18.4 Å². The summed E-state index contributed by atoms with van der Waals surface area (Å²) in [7, 11) is 0. The van der Waals surface area contributed by atoms with E-state index in [0.29, 0.717) is 5.92 Å². The Morgan fingerprint density at radius 1 is 1.56 bits per heavy atom. The highest BCUT2D eigenvalue weighted by Gasteiger charge is 2.24. The summed E-state index contributed by atoms with van der Waals surface area (Å²) < 4.78 is 0. The molecule has 1 N–H and O–H groups in total. The minimum Gasteiger partial charge on any atom is -0.393 e. The van der Waals surface area contributed by atoms with Crippen LogP contribution in [0.15, 0.2) is 12.2 Å². The molecule has 1 saturated carbocycles. The van der Waals surface area contributed by atoms with E-state index in [1.165, 1.54) is 6.42 Å². The van der Waals surface area contributed by atoms with Crippen molar-refractivity contribution >= 4 is 0 Å². The van der Waals surface area contributed by atoms with E-state index in [-0.39, 0.29) is 6.10 Å². The van der Waals surface area contributed by atoms with Crippen molar-refractivity contribution in [2.24, 2.45) is 5.92 Å². The average molecular weight is 126 g/mol. The van der Waals surface area contributed by atoms with E-state index in [2.05, 4.69) is 6.58 Å². The summed E-state index contributed by atoms with van der Waals surface area (Å²) in [6, 6.07) is 0. The Kier molecular flexibility index (Phi) is 1.91. The van der Waals surface area contributed by atoms with E-state index in [4.69, 9.17) is 0 Å². The van der Waals surface area contributed by atoms with Gasteiger partial charge in [-0.1, -0.05) is 18.6 Å². The molecule has 0 aliphatic heterocycles. The van der Waals surface area contributed by atoms with Crippen molar-refractivity contribution in [3.8, 4) is 0 Å². The van der Waals surface area contributed by atoms with Gasteiger partial charge in [-0.2, -0.15) is 0 Å². The Labute approximate surface area is 56.4 Å². The summed E-state index contributed by atoms with van der Waals surface area (Å²) in [6.45, 7) is 5.83. The Hall–Kier alpha value is -0.300. The van der Waals surface area contributed by atoms with Crippen LogP contribution in [-0.4, -0.2) is 11.2 Å². The van der Waals surface area contributed by atoms with Gasteiger partial charge in [-0.05, 0) is 19.8 Å². The van der Waals surface area contributed by atoms with Crippen LogP contribution < -0.4 is 0 Å². The van der Waals surface area contributed by atoms with Gasteiger partial charge < -0.3 is 5.11 Å². The molecule has 0 radical (unpaired) electrons. The molecule has 1 rings (SSSR count). The lowest BCUT2D eigenvalue weighted by atomic mass is 9.99. The Morgan fingerprint density at radius 3 is 2.44 bits per heavy atom. The molecule has 0 saturated heterocycles. The molecule has 0 spiro atoms. The summed E-state index contributed by atoms with van der Waals surface area (Å²) in [6.07, 6.45) is 3.18. The van der Waals surface area contributed by atoms with Crippen LogP contribution in [0.2, 0.25) is 0 Å². The van der Waals surface area contributed by atoms with Crippen LogP contribution in [0.5, 0.6) is 0 Å². The van der Waals surface area contributed by atoms with Crippen molar-refractivity contribution in [2.45, 2.75) is 32.3 Å². The second-order valence-corrected chi connectivity index (χ2v) is 2.95. The first-order valence-electron chi connectivity index (χ1n) is 3.55. The standard InChI is InChI=1S/C8H14O/c1-6(2)7-4-3-5-8(7)9/h7-9H,1,3-5H2,2H3. The number of aliphatic hydroxyl groups is 1. The van der Waals surface area contributed by atoms with Gasteiger partial charge in [0, 0.05) is 5.92 Å². The molecule has 1 nitrogen and oxygen atoms in total. The Morgan fingerprint density at radius 2 is 2.22 bits per heavy atom. The predicted octanol–water partition coefficient (Wildman–Crippen LogP) is 1.72. The topological polar surface area (TPSA) is 20.2 Å². The third-order valence-corrected chi connectivity index (χ3v) is 2.11. The summed E-state index contributed by atoms with van der Waals surface area (Å²) in [5, 5.41) is 9.30. The lowest BCUT2D eigenvalue weighted by Gasteiger charge is -2.12. The largest absolute Gasteiger partial charge is 0.393 e. The van der Waals surface area contributed by atoms with Crippen LogP contribution in [0.3, 0.4) is 0 Å². The highest BCUT2D eigenvalue weighted by atomic mass is 16.3. The monoisotopic (exact) mass is 126 g/mol. The van der Waals surface area contributed by atoms with Crippen molar-refractivity contribution < 1.29 is 5.11 Å². The van der Waals surface area contributed by atoms with Crippen LogP contribution in [0, 0.1) is 5.92 Å². The van der Waals surface area contributed by atoms with Gasteiger partial charge in [-0.25, -0.2) is 0 Å². The van der Waals surface area contributed by atoms with Gasteiger partial charge in [-0.3, -0.25) is 0 Å². The predicted molar refractivity (Wildman–Crippen MR) is 38.2 cm³/mol. The third-order valence-electron chi connectivity index (χ3n) is 2.11. The molecule has 9 heavy (non-hydrogen) atoms. The molecular weight excluding hydrogens is 112 g/mol. The van der Waals surface area contributed by atoms with E-state index in [1.54, 1.807) is 0 Å². The van der Waals surface area contributed by atoms with Crippen molar-refractivity contribution in [3.05, 3.63) is 12.2 Å². The molecule has 1 aliphatic rings. The minimum atomic E-state index is -0.0949. The zero-order valence-corrected chi connectivity index (χ0v) is 5.93. The zero-order chi connectivity index (χ0) is 6.85. The number of hydrogen-bond acceptors (Lipinski definition) is 1. The van der Waals surface area contributed by atoms with Crippen LogP contribution in [-0.2, 0) is 0 Å². The van der Waals surface area contributed by atoms with E-state index >= 15 is 0 Å². The van der Waals surface area contributed by atoms with Crippen LogP contribution in [0.1, 0.15) is 26.2 Å². The molecule has 0 aromatic heterocycles. The smallest absolute Gasteiger partial charge is 0.0605 e. The maximum Gasteiger partial charge on any atom is 0.0605 e. The second-order valence-electron chi connectivity index (χ2n) is 2.95. The Bertz CT molecular complexity index is 118. The molecule has 0 aromatic rings. The minimum absolute atomic E-state index is 0.0949. The van der Waals surface area contributed by atoms with Crippen LogP contribution in [0.4, 0.5) is 0 Å². The van der Waals surface area contributed by atoms with Gasteiger partial charge in [0.2, 0.25) is 0 Å². The molecule has 0 amide bonds. The molecule has 1 fully saturated rings. The molecule has 0 bridgehead atoms. The fourth-order valence-corrected chi connectivity index (χ4v) is 1.52. The van der Waals surface area contributed by atoms with Gasteiger partial charge >= 0.3 is 0 Å². The molecule has 2 unspecified atom stereocenters. The maximum absolute atomic E-state index is 9.30. The highest BCUT2D eigenvalue weighted by molar-refractivity contribution is 5.01. The normalized spacial score (nSPS) is 34.9. The van der Waals surface area contributed by atoms with Crippen LogP contribution >= 0.6 is 0 Å². The second kappa shape index (κ2) is 2.53. The number of aliphatic hydroxyl groups excluding tert-OH is 1. The molecule has 0 aromatic carbocycles. The van der Waals surface area contributed by atoms with E-state index in [9.17, 15) is 5.11 Å². The molecule has 0 heterocycles. The first-order valence-corrected chi connectivity index (χ1v) is 3.55. The fraction of sp³-hybridized carbons (Fsp3) is 0.750. The van der Waals surface area contributed by atoms with Crippen molar-refractivity contribution in [2.75, 3.05) is 0 Å². The summed E-state index contributed by atoms with van der Waals surface area (Å²) >= 11 is 0. The number of rotatable bonds is 1.